The molecular weight excluding hydrogens is 230 g/mol. The minimum atomic E-state index is -0.536. The molecule has 0 rings (SSSR count). The molecule has 4 heteroatoms. The number of aliphatic hydroxyl groups excluding tert-OH is 1. The third-order valence-electron chi connectivity index (χ3n) is 3.18. The van der Waals surface area contributed by atoms with Gasteiger partial charge in [-0.15, -0.1) is 0 Å². The van der Waals surface area contributed by atoms with Gasteiger partial charge in [-0.05, 0) is 6.42 Å². The molecule has 1 atom stereocenters. The normalized spacial score (nSPS) is 12.4. The van der Waals surface area contributed by atoms with Gasteiger partial charge in [0, 0.05) is 7.05 Å². The number of carbonyl (C=O) groups excluding carboxylic acids is 1. The Kier molecular flexibility index (Phi) is 11.1. The quantitative estimate of drug-likeness (QED) is 0.458. The van der Waals surface area contributed by atoms with E-state index in [0.29, 0.717) is 6.42 Å². The summed E-state index contributed by atoms with van der Waals surface area (Å²) >= 11 is 0. The number of unbranched alkanes of at least 4 members (excludes halogenated alkanes) is 6. The van der Waals surface area contributed by atoms with Crippen molar-refractivity contribution in [3.63, 3.8) is 0 Å². The molecule has 0 heterocycles. The molecule has 1 N–H and O–H groups in total. The fourth-order valence-corrected chi connectivity index (χ4v) is 1.87. The van der Waals surface area contributed by atoms with Crippen LogP contribution in [0.25, 0.3) is 0 Å². The van der Waals surface area contributed by atoms with Gasteiger partial charge in [0.1, 0.15) is 0 Å². The first kappa shape index (κ1) is 17.4. The van der Waals surface area contributed by atoms with Crippen LogP contribution in [-0.2, 0) is 9.63 Å². The van der Waals surface area contributed by atoms with Crippen LogP contribution < -0.4 is 0 Å². The van der Waals surface area contributed by atoms with Crippen molar-refractivity contribution in [3.8, 4) is 0 Å². The summed E-state index contributed by atoms with van der Waals surface area (Å²) in [6.07, 6.45) is 8.90. The van der Waals surface area contributed by atoms with Gasteiger partial charge in [-0.1, -0.05) is 51.9 Å². The Morgan fingerprint density at radius 2 is 1.72 bits per heavy atom. The zero-order valence-electron chi connectivity index (χ0n) is 12.2. The summed E-state index contributed by atoms with van der Waals surface area (Å²) in [5.41, 5.74) is 0. The van der Waals surface area contributed by atoms with Crippen LogP contribution in [0.5, 0.6) is 0 Å². The summed E-state index contributed by atoms with van der Waals surface area (Å²) < 4.78 is 0. The van der Waals surface area contributed by atoms with Crippen molar-refractivity contribution in [1.29, 1.82) is 0 Å². The summed E-state index contributed by atoms with van der Waals surface area (Å²) in [6.45, 7) is 2.21. The van der Waals surface area contributed by atoms with Gasteiger partial charge in [-0.2, -0.15) is 0 Å². The molecule has 0 spiro atoms. The fourth-order valence-electron chi connectivity index (χ4n) is 1.87. The predicted molar refractivity (Wildman–Crippen MR) is 73.0 cm³/mol. The molecule has 0 aliphatic rings. The van der Waals surface area contributed by atoms with Gasteiger partial charge in [-0.25, -0.2) is 5.06 Å². The summed E-state index contributed by atoms with van der Waals surface area (Å²) in [5, 5.41) is 10.9. The molecule has 0 saturated carbocycles. The number of carbonyl (C=O) groups is 1. The Balaban J connectivity index is 3.42. The highest BCUT2D eigenvalue weighted by Crippen LogP contribution is 2.11. The van der Waals surface area contributed by atoms with Crippen molar-refractivity contribution in [1.82, 2.24) is 5.06 Å². The van der Waals surface area contributed by atoms with Crippen LogP contribution in [0, 0.1) is 0 Å². The molecule has 0 saturated heterocycles. The van der Waals surface area contributed by atoms with Gasteiger partial charge >= 0.3 is 0 Å². The topological polar surface area (TPSA) is 49.8 Å². The van der Waals surface area contributed by atoms with E-state index in [0.717, 1.165) is 17.9 Å². The zero-order valence-corrected chi connectivity index (χ0v) is 12.2. The van der Waals surface area contributed by atoms with Gasteiger partial charge < -0.3 is 5.11 Å². The molecule has 1 amide bonds. The van der Waals surface area contributed by atoms with Gasteiger partial charge in [0.25, 0.3) is 0 Å². The number of nitrogens with zero attached hydrogens (tertiary/aromatic N) is 1. The number of hydrogen-bond donors (Lipinski definition) is 1. The van der Waals surface area contributed by atoms with Crippen molar-refractivity contribution in [3.05, 3.63) is 0 Å². The van der Waals surface area contributed by atoms with E-state index in [4.69, 9.17) is 4.84 Å². The predicted octanol–water partition coefficient (Wildman–Crippen LogP) is 2.90. The zero-order chi connectivity index (χ0) is 13.8. The Bertz CT molecular complexity index is 209. The molecule has 0 aromatic heterocycles. The van der Waals surface area contributed by atoms with Crippen LogP contribution in [0.1, 0.15) is 64.7 Å². The monoisotopic (exact) mass is 259 g/mol. The fraction of sp³-hybridized carbons (Fsp3) is 0.929. The van der Waals surface area contributed by atoms with E-state index in [-0.39, 0.29) is 12.3 Å². The van der Waals surface area contributed by atoms with Crippen molar-refractivity contribution in [2.45, 2.75) is 70.8 Å². The van der Waals surface area contributed by atoms with Gasteiger partial charge in [-0.3, -0.25) is 9.63 Å². The Hall–Kier alpha value is -0.610. The van der Waals surface area contributed by atoms with Crippen LogP contribution in [0.4, 0.5) is 0 Å². The molecule has 4 nitrogen and oxygen atoms in total. The van der Waals surface area contributed by atoms with Crippen molar-refractivity contribution < 1.29 is 14.7 Å². The SMILES string of the molecule is CCCCCCCCC[C@H](O)CC(=O)N(C)OC. The number of rotatable bonds is 11. The van der Waals surface area contributed by atoms with E-state index in [1.54, 1.807) is 7.05 Å². The maximum atomic E-state index is 11.4. The second-order valence-corrected chi connectivity index (χ2v) is 4.84. The van der Waals surface area contributed by atoms with E-state index in [2.05, 4.69) is 6.92 Å². The van der Waals surface area contributed by atoms with Crippen LogP contribution in [0.2, 0.25) is 0 Å². The van der Waals surface area contributed by atoms with Crippen LogP contribution in [0.15, 0.2) is 0 Å². The molecule has 0 bridgehead atoms. The van der Waals surface area contributed by atoms with E-state index >= 15 is 0 Å². The minimum absolute atomic E-state index is 0.153. The molecule has 0 fully saturated rings. The van der Waals surface area contributed by atoms with Crippen LogP contribution >= 0.6 is 0 Å². The standard InChI is InChI=1S/C14H29NO3/c1-4-5-6-7-8-9-10-11-13(16)12-14(17)15(2)18-3/h13,16H,4-12H2,1-3H3/t13-/m0/s1. The summed E-state index contributed by atoms with van der Waals surface area (Å²) in [7, 11) is 3.00. The first-order valence-corrected chi connectivity index (χ1v) is 7.10. The van der Waals surface area contributed by atoms with E-state index < -0.39 is 6.10 Å². The Morgan fingerprint density at radius 1 is 1.17 bits per heavy atom. The van der Waals surface area contributed by atoms with Gasteiger partial charge in [0.15, 0.2) is 0 Å². The molecule has 0 aliphatic carbocycles. The average Bonchev–Trinajstić information content (AvgIpc) is 2.36. The molecule has 0 radical (unpaired) electrons. The molecule has 18 heavy (non-hydrogen) atoms. The van der Waals surface area contributed by atoms with Crippen molar-refractivity contribution in [2.75, 3.05) is 14.2 Å². The number of amides is 1. The Morgan fingerprint density at radius 3 is 2.28 bits per heavy atom. The van der Waals surface area contributed by atoms with Gasteiger partial charge in [0.2, 0.25) is 5.91 Å². The summed E-state index contributed by atoms with van der Waals surface area (Å²) in [6, 6.07) is 0. The lowest BCUT2D eigenvalue weighted by Gasteiger charge is -2.16. The maximum Gasteiger partial charge on any atom is 0.248 e. The molecule has 0 aromatic carbocycles. The van der Waals surface area contributed by atoms with E-state index in [1.807, 2.05) is 0 Å². The summed E-state index contributed by atoms with van der Waals surface area (Å²) in [4.78, 5) is 16.2. The molecule has 0 aliphatic heterocycles. The maximum absolute atomic E-state index is 11.4. The highest BCUT2D eigenvalue weighted by Gasteiger charge is 2.14. The third kappa shape index (κ3) is 9.42. The lowest BCUT2D eigenvalue weighted by molar-refractivity contribution is -0.170. The lowest BCUT2D eigenvalue weighted by atomic mass is 10.0. The number of aliphatic hydroxyl groups is 1. The second kappa shape index (κ2) is 11.5. The third-order valence-corrected chi connectivity index (χ3v) is 3.18. The molecule has 108 valence electrons. The largest absolute Gasteiger partial charge is 0.393 e. The second-order valence-electron chi connectivity index (χ2n) is 4.84. The van der Waals surface area contributed by atoms with Gasteiger partial charge in [0.05, 0.1) is 19.6 Å². The minimum Gasteiger partial charge on any atom is -0.393 e. The highest BCUT2D eigenvalue weighted by molar-refractivity contribution is 5.75. The van der Waals surface area contributed by atoms with Crippen molar-refractivity contribution >= 4 is 5.91 Å². The van der Waals surface area contributed by atoms with Crippen LogP contribution in [-0.4, -0.2) is 36.3 Å². The molecular formula is C14H29NO3. The average molecular weight is 259 g/mol. The molecule has 0 aromatic rings. The molecule has 0 unspecified atom stereocenters. The number of hydrogen-bond acceptors (Lipinski definition) is 3. The smallest absolute Gasteiger partial charge is 0.248 e. The van der Waals surface area contributed by atoms with Crippen LogP contribution in [0.3, 0.4) is 0 Å². The first-order valence-electron chi connectivity index (χ1n) is 7.10. The van der Waals surface area contributed by atoms with Crippen molar-refractivity contribution in [2.24, 2.45) is 0 Å². The lowest BCUT2D eigenvalue weighted by Crippen LogP contribution is -2.28. The Labute approximate surface area is 111 Å². The van der Waals surface area contributed by atoms with E-state index in [9.17, 15) is 9.90 Å². The summed E-state index contributed by atoms with van der Waals surface area (Å²) in [5.74, 6) is -0.173. The number of hydroxylamine groups is 2. The highest BCUT2D eigenvalue weighted by atomic mass is 16.7. The van der Waals surface area contributed by atoms with E-state index in [1.165, 1.54) is 39.2 Å². The first-order chi connectivity index (χ1) is 8.61.